The second-order valence-electron chi connectivity index (χ2n) is 30.3. The molecule has 5 aromatic heterocycles. The number of nitrogens with zero attached hydrogens (tertiary/aromatic N) is 12. The monoisotopic (exact) mass is 1770 g/mol. The van der Waals surface area contributed by atoms with Crippen molar-refractivity contribution in [3.8, 4) is 152 Å². The van der Waals surface area contributed by atoms with E-state index in [9.17, 15) is 0 Å². The number of nitriles is 7. The third kappa shape index (κ3) is 31.5. The number of pyridine rings is 5. The second-order valence-corrected chi connectivity index (χ2v) is 30.3. The molecule has 0 saturated heterocycles. The first-order valence-electron chi connectivity index (χ1n) is 42.4. The van der Waals surface area contributed by atoms with Gasteiger partial charge in [-0.3, -0.25) is 0 Å². The third-order valence-electron chi connectivity index (χ3n) is 19.4. The van der Waals surface area contributed by atoms with E-state index in [-0.39, 0.29) is 0 Å². The van der Waals surface area contributed by atoms with Crippen LogP contribution in [-0.4, -0.2) is 59.0 Å². The van der Waals surface area contributed by atoms with Crippen LogP contribution in [0.1, 0.15) is 141 Å². The fraction of sp³-hybridized carbons (Fsp3) is 0.193. The lowest BCUT2D eigenvalue weighted by atomic mass is 10.0. The van der Waals surface area contributed by atoms with Gasteiger partial charge in [0.1, 0.15) is 111 Å². The van der Waals surface area contributed by atoms with E-state index in [1.807, 2.05) is 197 Å². The Hall–Kier alpha value is -17.5. The Bertz CT molecular complexity index is 6340. The fourth-order valence-corrected chi connectivity index (χ4v) is 11.9. The standard InChI is InChI=1S/C17H16N2O2.2C16H14N2O.C16H15NO2.C15H14N2O2.C15H13NO2.C14H12N2O2/c1-12-2-7-17(19-10-12)21-15-6-5-14(9-18)16(8-15)20-11-13-3-4-13;1-11-2-7-16(18-10-11)19-14-6-5-13(9-17)15(8-14)12-3-4-12;1-11(2)15-8-14(6-5-13(15)9-17)19-16-7-4-12(3)10-18-16;1-3-18-16-10-15(9-6-13(16)11-17)19-14-7-4-12(2)5-8-14;1-3-18-14-8-13(6-5-12(14)9-16)19-15-7-4-11(2)10-17-15;1-11-3-6-13(7-4-11)18-14-8-5-12(10-16)15(9-14)17-2;1-10-3-6-14(16-9-10)18-12-5-4-11(8-15)13(7-12)17-2/h2,5-8,10,13H,3-4,11H2,1H3;2,5-8,10,12H,3-4H2,1H3;4-8,10H,1H2,2-3H3;4-10H,3H2,1-2H3;4-8,10H,3H2,1-2H3;3-9H,1-2H3;3-7,9H,1-2H3. The molecule has 0 aliphatic heterocycles. The molecule has 133 heavy (non-hydrogen) atoms. The molecule has 9 aromatic carbocycles. The smallest absolute Gasteiger partial charge is 0.219 e. The van der Waals surface area contributed by atoms with Crippen LogP contribution in [0.2, 0.25) is 0 Å². The fourth-order valence-electron chi connectivity index (χ4n) is 11.9. The predicted octanol–water partition coefficient (Wildman–Crippen LogP) is 26.1. The molecule has 0 unspecified atom stereocenters. The molecule has 0 atom stereocenters. The number of hydrogen-bond acceptors (Lipinski definition) is 24. The number of methoxy groups -OCH3 is 2. The van der Waals surface area contributed by atoms with E-state index >= 15 is 0 Å². The number of hydrogen-bond donors (Lipinski definition) is 0. The zero-order valence-electron chi connectivity index (χ0n) is 76.0. The van der Waals surface area contributed by atoms with Gasteiger partial charge >= 0.3 is 0 Å². The van der Waals surface area contributed by atoms with Crippen LogP contribution >= 0.6 is 0 Å². The normalized spacial score (nSPS) is 10.9. The quantitative estimate of drug-likeness (QED) is 0.0513. The molecule has 24 heteroatoms. The molecule has 2 saturated carbocycles. The van der Waals surface area contributed by atoms with Gasteiger partial charge in [-0.05, 0) is 273 Å². The van der Waals surface area contributed by atoms with Crippen LogP contribution in [0.4, 0.5) is 0 Å². The van der Waals surface area contributed by atoms with Gasteiger partial charge in [0.15, 0.2) is 0 Å². The lowest BCUT2D eigenvalue weighted by molar-refractivity contribution is 0.297. The van der Waals surface area contributed by atoms with Crippen LogP contribution < -0.4 is 56.8 Å². The first kappa shape index (κ1) is 97.7. The third-order valence-corrected chi connectivity index (χ3v) is 19.4. The summed E-state index contributed by atoms with van der Waals surface area (Å²) in [5.41, 5.74) is 14.3. The average molecular weight is 1770 g/mol. The topological polar surface area (TPSA) is 342 Å². The minimum absolute atomic E-state index is 0.474. The van der Waals surface area contributed by atoms with Gasteiger partial charge in [-0.2, -0.15) is 36.8 Å². The highest BCUT2D eigenvalue weighted by molar-refractivity contribution is 5.69. The maximum Gasteiger partial charge on any atom is 0.219 e. The van der Waals surface area contributed by atoms with E-state index in [1.165, 1.54) is 51.0 Å². The first-order valence-corrected chi connectivity index (χ1v) is 42.4. The maximum absolute atomic E-state index is 9.13. The Kier molecular flexibility index (Phi) is 36.8. The zero-order valence-corrected chi connectivity index (χ0v) is 76.0. The van der Waals surface area contributed by atoms with E-state index in [0.29, 0.717) is 158 Å². The Morgan fingerprint density at radius 2 is 0.549 bits per heavy atom. The second kappa shape index (κ2) is 50.1. The van der Waals surface area contributed by atoms with Crippen LogP contribution in [0.3, 0.4) is 0 Å². The van der Waals surface area contributed by atoms with E-state index < -0.39 is 0 Å². The molecule has 2 aliphatic rings. The summed E-state index contributed by atoms with van der Waals surface area (Å²) in [5.74, 6) is 12.5. The Labute approximate surface area is 776 Å². The number of benzene rings is 9. The van der Waals surface area contributed by atoms with E-state index in [1.54, 1.807) is 146 Å². The Balaban J connectivity index is 0.000000161. The summed E-state index contributed by atoms with van der Waals surface area (Å²) in [7, 11) is 3.05. The van der Waals surface area contributed by atoms with Gasteiger partial charge in [0.2, 0.25) is 29.4 Å². The van der Waals surface area contributed by atoms with Crippen molar-refractivity contribution < 1.29 is 56.8 Å². The van der Waals surface area contributed by atoms with Crippen molar-refractivity contribution in [2.75, 3.05) is 34.0 Å². The minimum atomic E-state index is 0.474. The molecule has 24 nitrogen and oxygen atoms in total. The first-order chi connectivity index (χ1) is 64.5. The van der Waals surface area contributed by atoms with Crippen molar-refractivity contribution in [2.24, 2.45) is 5.92 Å². The predicted molar refractivity (Wildman–Crippen MR) is 506 cm³/mol. The van der Waals surface area contributed by atoms with Gasteiger partial charge < -0.3 is 56.8 Å². The van der Waals surface area contributed by atoms with Crippen LogP contribution in [0, 0.1) is 134 Å². The highest BCUT2D eigenvalue weighted by Crippen LogP contribution is 2.44. The molecule has 16 rings (SSSR count). The Morgan fingerprint density at radius 3 is 0.820 bits per heavy atom. The summed E-state index contributed by atoms with van der Waals surface area (Å²) in [6.45, 7) is 25.1. The van der Waals surface area contributed by atoms with Gasteiger partial charge in [-0.1, -0.05) is 72.3 Å². The van der Waals surface area contributed by atoms with Gasteiger partial charge in [0.05, 0.1) is 85.1 Å². The molecular formula is C109H98N12O12. The lowest BCUT2D eigenvalue weighted by Crippen LogP contribution is -2.01. The minimum Gasteiger partial charge on any atom is -0.495 e. The summed E-state index contributed by atoms with van der Waals surface area (Å²) in [6.07, 6.45) is 13.5. The van der Waals surface area contributed by atoms with Gasteiger partial charge in [0.25, 0.3) is 0 Å². The number of aromatic nitrogens is 5. The molecule has 0 radical (unpaired) electrons. The highest BCUT2D eigenvalue weighted by atomic mass is 16.5. The molecular weight excluding hydrogens is 1670 g/mol. The summed E-state index contributed by atoms with van der Waals surface area (Å²) in [4.78, 5) is 20.9. The van der Waals surface area contributed by atoms with E-state index in [0.717, 1.165) is 67.3 Å². The van der Waals surface area contributed by atoms with Gasteiger partial charge in [-0.15, -0.1) is 0 Å². The van der Waals surface area contributed by atoms with Crippen LogP contribution in [0.5, 0.6) is 110 Å². The largest absolute Gasteiger partial charge is 0.495 e. The molecule has 5 heterocycles. The summed E-state index contributed by atoms with van der Waals surface area (Å²) >= 11 is 0. The number of allylic oxidation sites excluding steroid dienone is 1. The van der Waals surface area contributed by atoms with Gasteiger partial charge in [-0.25, -0.2) is 24.9 Å². The van der Waals surface area contributed by atoms with Crippen LogP contribution in [0.25, 0.3) is 5.57 Å². The number of rotatable bonds is 25. The lowest BCUT2D eigenvalue weighted by Gasteiger charge is -2.10. The molecule has 0 bridgehead atoms. The number of aryl methyl sites for hydroxylation is 7. The van der Waals surface area contributed by atoms with Crippen molar-refractivity contribution in [1.82, 2.24) is 24.9 Å². The Morgan fingerprint density at radius 1 is 0.293 bits per heavy atom. The maximum atomic E-state index is 9.13. The average Bonchev–Trinajstić information content (AvgIpc) is 1.69. The summed E-state index contributed by atoms with van der Waals surface area (Å²) < 4.78 is 66.5. The van der Waals surface area contributed by atoms with Gasteiger partial charge in [0, 0.05) is 91.6 Å². The van der Waals surface area contributed by atoms with E-state index in [4.69, 9.17) is 93.7 Å². The van der Waals surface area contributed by atoms with Crippen molar-refractivity contribution in [3.05, 3.63) is 363 Å². The summed E-state index contributed by atoms with van der Waals surface area (Å²) in [6, 6.07) is 85.8. The summed E-state index contributed by atoms with van der Waals surface area (Å²) in [5, 5.41) is 63.0. The van der Waals surface area contributed by atoms with Crippen LogP contribution in [0.15, 0.2) is 274 Å². The van der Waals surface area contributed by atoms with Crippen molar-refractivity contribution in [1.29, 1.82) is 36.8 Å². The molecule has 0 spiro atoms. The molecule has 14 aromatic rings. The van der Waals surface area contributed by atoms with Crippen molar-refractivity contribution in [3.63, 3.8) is 0 Å². The molecule has 0 N–H and O–H groups in total. The van der Waals surface area contributed by atoms with Crippen LogP contribution in [-0.2, 0) is 0 Å². The zero-order chi connectivity index (χ0) is 95.0. The van der Waals surface area contributed by atoms with Crippen molar-refractivity contribution >= 4 is 5.57 Å². The molecule has 0 amide bonds. The molecule has 666 valence electrons. The SMILES string of the molecule is C=C(C)c1cc(Oc2ccc(C)cn2)ccc1C#N.CCOc1cc(Oc2ccc(C)cc2)ccc1C#N.CCOc1cc(Oc2ccc(C)cn2)ccc1C#N.COc1cc(Oc2ccc(C)cc2)ccc1C#N.COc1cc(Oc2ccc(C)cn2)ccc1C#N.Cc1ccc(Oc2ccc(C#N)c(C3CC3)c2)nc1.Cc1ccc(Oc2ccc(C#N)c(OCC3CC3)c2)nc1. The highest BCUT2D eigenvalue weighted by Gasteiger charge is 2.27. The number of ether oxygens (including phenoxy) is 12. The molecule has 2 aliphatic carbocycles. The van der Waals surface area contributed by atoms with E-state index in [2.05, 4.69) is 67.9 Å². The van der Waals surface area contributed by atoms with Crippen molar-refractivity contribution in [2.45, 2.75) is 101 Å². The molecule has 2 fully saturated rings.